The first-order chi connectivity index (χ1) is 8.51. The lowest BCUT2D eigenvalue weighted by atomic mass is 10.1. The number of hydrogen-bond acceptors (Lipinski definition) is 4. The van der Waals surface area contributed by atoms with Crippen molar-refractivity contribution in [2.24, 2.45) is 0 Å². The molecule has 0 aliphatic rings. The number of carbonyl (C=O) groups excluding carboxylic acids is 1. The number of benzene rings is 1. The molecule has 1 aromatic rings. The highest BCUT2D eigenvalue weighted by atomic mass is 35.5. The molecule has 0 aliphatic heterocycles. The number of methoxy groups -OCH3 is 2. The molecule has 0 unspecified atom stereocenters. The summed E-state index contributed by atoms with van der Waals surface area (Å²) < 4.78 is 10.0. The molecule has 1 rings (SSSR count). The van der Waals surface area contributed by atoms with Crippen LogP contribution in [0.3, 0.4) is 0 Å². The average molecular weight is 271 g/mol. The van der Waals surface area contributed by atoms with Crippen molar-refractivity contribution in [2.45, 2.75) is 0 Å². The summed E-state index contributed by atoms with van der Waals surface area (Å²) in [4.78, 5) is 22.1. The van der Waals surface area contributed by atoms with E-state index in [1.807, 2.05) is 0 Å². The monoisotopic (exact) mass is 270 g/mol. The lowest BCUT2D eigenvalue weighted by molar-refractivity contribution is -0.131. The molecule has 5 nitrogen and oxygen atoms in total. The molecule has 0 saturated heterocycles. The molecule has 0 saturated carbocycles. The summed E-state index contributed by atoms with van der Waals surface area (Å²) in [6, 6.07) is 2.96. The van der Waals surface area contributed by atoms with E-state index in [1.165, 1.54) is 26.4 Å². The molecule has 6 heteroatoms. The second kappa shape index (κ2) is 6.07. The Kier molecular flexibility index (Phi) is 4.74. The molecule has 1 aromatic carbocycles. The van der Waals surface area contributed by atoms with E-state index in [0.29, 0.717) is 5.75 Å². The maximum absolute atomic E-state index is 11.8. The maximum atomic E-state index is 11.8. The van der Waals surface area contributed by atoms with Gasteiger partial charge in [0.05, 0.1) is 19.8 Å². The fourth-order valence-electron chi connectivity index (χ4n) is 1.33. The number of carboxylic acids is 1. The van der Waals surface area contributed by atoms with Gasteiger partial charge in [-0.3, -0.25) is 4.79 Å². The Morgan fingerprint density at radius 1 is 1.22 bits per heavy atom. The highest BCUT2D eigenvalue weighted by Crippen LogP contribution is 2.37. The summed E-state index contributed by atoms with van der Waals surface area (Å²) in [5.74, 6) is -1.20. The van der Waals surface area contributed by atoms with Crippen LogP contribution < -0.4 is 9.47 Å². The summed E-state index contributed by atoms with van der Waals surface area (Å²) in [5.41, 5.74) is 0.167. The van der Waals surface area contributed by atoms with E-state index < -0.39 is 11.8 Å². The minimum absolute atomic E-state index is 0.149. The van der Waals surface area contributed by atoms with Crippen molar-refractivity contribution in [2.75, 3.05) is 14.2 Å². The van der Waals surface area contributed by atoms with Gasteiger partial charge < -0.3 is 14.6 Å². The van der Waals surface area contributed by atoms with Crippen molar-refractivity contribution in [3.05, 3.63) is 34.9 Å². The highest BCUT2D eigenvalue weighted by Gasteiger charge is 2.17. The van der Waals surface area contributed by atoms with Gasteiger partial charge >= 0.3 is 5.97 Å². The topological polar surface area (TPSA) is 72.8 Å². The third kappa shape index (κ3) is 3.01. The van der Waals surface area contributed by atoms with E-state index in [1.54, 1.807) is 0 Å². The van der Waals surface area contributed by atoms with Gasteiger partial charge in [-0.1, -0.05) is 11.6 Å². The van der Waals surface area contributed by atoms with Crippen LogP contribution in [0.2, 0.25) is 5.02 Å². The second-order valence-electron chi connectivity index (χ2n) is 3.20. The van der Waals surface area contributed by atoms with Gasteiger partial charge in [0, 0.05) is 6.08 Å². The van der Waals surface area contributed by atoms with Crippen LogP contribution in [-0.2, 0) is 4.79 Å². The first-order valence-electron chi connectivity index (χ1n) is 4.87. The lowest BCUT2D eigenvalue weighted by Crippen LogP contribution is -2.01. The molecule has 18 heavy (non-hydrogen) atoms. The molecule has 0 heterocycles. The maximum Gasteiger partial charge on any atom is 0.328 e. The molecular weight excluding hydrogens is 260 g/mol. The van der Waals surface area contributed by atoms with Crippen molar-refractivity contribution >= 4 is 23.4 Å². The first kappa shape index (κ1) is 14.1. The van der Waals surface area contributed by atoms with Gasteiger partial charge in [0.15, 0.2) is 11.5 Å². The average Bonchev–Trinajstić information content (AvgIpc) is 2.35. The zero-order valence-electron chi connectivity index (χ0n) is 9.77. The Morgan fingerprint density at radius 3 is 2.39 bits per heavy atom. The van der Waals surface area contributed by atoms with E-state index >= 15 is 0 Å². The van der Waals surface area contributed by atoms with Crippen LogP contribution in [0.15, 0.2) is 24.3 Å². The summed E-state index contributed by atoms with van der Waals surface area (Å²) in [6.45, 7) is 0. The Balaban J connectivity index is 3.21. The van der Waals surface area contributed by atoms with Gasteiger partial charge in [-0.15, -0.1) is 0 Å². The molecule has 0 amide bonds. The Morgan fingerprint density at radius 2 is 1.89 bits per heavy atom. The Bertz CT molecular complexity index is 507. The SMILES string of the molecule is COc1ccc(C(=O)/C=C/C(=O)O)c(OC)c1Cl. The minimum Gasteiger partial charge on any atom is -0.495 e. The van der Waals surface area contributed by atoms with Gasteiger partial charge in [-0.2, -0.15) is 0 Å². The number of hydrogen-bond donors (Lipinski definition) is 1. The van der Waals surface area contributed by atoms with Crippen molar-refractivity contribution in [1.29, 1.82) is 0 Å². The molecule has 0 aromatic heterocycles. The summed E-state index contributed by atoms with van der Waals surface area (Å²) in [5, 5.41) is 8.62. The Hall–Kier alpha value is -2.01. The van der Waals surface area contributed by atoms with E-state index in [9.17, 15) is 9.59 Å². The molecule has 0 radical (unpaired) electrons. The summed E-state index contributed by atoms with van der Waals surface area (Å²) in [6.07, 6.45) is 1.68. The summed E-state index contributed by atoms with van der Waals surface area (Å²) >= 11 is 5.98. The van der Waals surface area contributed by atoms with Crippen LogP contribution in [0.4, 0.5) is 0 Å². The normalized spacial score (nSPS) is 10.4. The van der Waals surface area contributed by atoms with Crippen LogP contribution in [0.5, 0.6) is 11.5 Å². The van der Waals surface area contributed by atoms with Gasteiger partial charge in [-0.25, -0.2) is 4.79 Å². The van der Waals surface area contributed by atoms with Gasteiger partial charge in [-0.05, 0) is 18.2 Å². The number of ketones is 1. The third-order valence-electron chi connectivity index (χ3n) is 2.13. The molecular formula is C12H11ClO5. The zero-order chi connectivity index (χ0) is 13.7. The van der Waals surface area contributed by atoms with Crippen molar-refractivity contribution in [3.63, 3.8) is 0 Å². The molecule has 0 bridgehead atoms. The fourth-order valence-corrected chi connectivity index (χ4v) is 1.65. The molecule has 0 fully saturated rings. The minimum atomic E-state index is -1.21. The predicted octanol–water partition coefficient (Wildman–Crippen LogP) is 2.18. The number of carboxylic acid groups (broad SMARTS) is 1. The smallest absolute Gasteiger partial charge is 0.328 e. The fraction of sp³-hybridized carbons (Fsp3) is 0.167. The quantitative estimate of drug-likeness (QED) is 0.656. The summed E-state index contributed by atoms with van der Waals surface area (Å²) in [7, 11) is 2.80. The van der Waals surface area contributed by atoms with Crippen LogP contribution in [0.25, 0.3) is 0 Å². The van der Waals surface area contributed by atoms with Crippen molar-refractivity contribution in [1.82, 2.24) is 0 Å². The number of ether oxygens (including phenoxy) is 2. The van der Waals surface area contributed by atoms with E-state index in [0.717, 1.165) is 12.2 Å². The van der Waals surface area contributed by atoms with Crippen LogP contribution in [-0.4, -0.2) is 31.1 Å². The van der Waals surface area contributed by atoms with E-state index in [4.69, 9.17) is 26.2 Å². The van der Waals surface area contributed by atoms with Crippen LogP contribution in [0.1, 0.15) is 10.4 Å². The third-order valence-corrected chi connectivity index (χ3v) is 2.49. The lowest BCUT2D eigenvalue weighted by Gasteiger charge is -2.11. The van der Waals surface area contributed by atoms with Crippen molar-refractivity contribution < 1.29 is 24.2 Å². The Labute approximate surface area is 109 Å². The molecule has 0 atom stereocenters. The molecule has 0 aliphatic carbocycles. The number of rotatable bonds is 5. The molecule has 96 valence electrons. The second-order valence-corrected chi connectivity index (χ2v) is 3.58. The standard InChI is InChI=1S/C12H11ClO5/c1-17-9-5-3-7(12(18-2)11(9)13)8(14)4-6-10(15)16/h3-6H,1-2H3,(H,15,16)/b6-4+. The molecule has 1 N–H and O–H groups in total. The van der Waals surface area contributed by atoms with Crippen LogP contribution in [0, 0.1) is 0 Å². The number of carbonyl (C=O) groups is 2. The zero-order valence-corrected chi connectivity index (χ0v) is 10.5. The van der Waals surface area contributed by atoms with Gasteiger partial charge in [0.25, 0.3) is 0 Å². The number of allylic oxidation sites excluding steroid dienone is 1. The number of halogens is 1. The van der Waals surface area contributed by atoms with E-state index in [2.05, 4.69) is 0 Å². The van der Waals surface area contributed by atoms with Gasteiger partial charge in [0.2, 0.25) is 0 Å². The number of aliphatic carboxylic acids is 1. The van der Waals surface area contributed by atoms with Crippen LogP contribution >= 0.6 is 11.6 Å². The largest absolute Gasteiger partial charge is 0.495 e. The molecule has 0 spiro atoms. The predicted molar refractivity (Wildman–Crippen MR) is 65.7 cm³/mol. The highest BCUT2D eigenvalue weighted by molar-refractivity contribution is 6.34. The van der Waals surface area contributed by atoms with Gasteiger partial charge in [0.1, 0.15) is 10.8 Å². The first-order valence-corrected chi connectivity index (χ1v) is 5.24. The van der Waals surface area contributed by atoms with Crippen molar-refractivity contribution in [3.8, 4) is 11.5 Å². The van der Waals surface area contributed by atoms with E-state index in [-0.39, 0.29) is 16.3 Å².